The summed E-state index contributed by atoms with van der Waals surface area (Å²) >= 11 is 0. The van der Waals surface area contributed by atoms with E-state index in [2.05, 4.69) is 143 Å². The van der Waals surface area contributed by atoms with Crippen molar-refractivity contribution in [2.24, 2.45) is 0 Å². The molecule has 4 aromatic heterocycles. The van der Waals surface area contributed by atoms with Crippen molar-refractivity contribution in [3.63, 3.8) is 0 Å². The molecule has 10 rings (SSSR count). The molecule has 0 saturated heterocycles. The number of nitrogens with zero attached hydrogens (tertiary/aromatic N) is 5. The van der Waals surface area contributed by atoms with Crippen LogP contribution in [0.2, 0.25) is 0 Å². The fourth-order valence-corrected chi connectivity index (χ4v) is 7.22. The van der Waals surface area contributed by atoms with Crippen molar-refractivity contribution < 1.29 is 0 Å². The quantitative estimate of drug-likeness (QED) is 0.198. The molecular weight excluding hydrogens is 587 g/mol. The number of rotatable bonds is 4. The summed E-state index contributed by atoms with van der Waals surface area (Å²) in [5.41, 5.74) is 11.6. The van der Waals surface area contributed by atoms with Gasteiger partial charge in [-0.05, 0) is 65.7 Å². The molecule has 224 valence electrons. The van der Waals surface area contributed by atoms with Gasteiger partial charge in [0.2, 0.25) is 5.95 Å². The fourth-order valence-electron chi connectivity index (χ4n) is 7.22. The lowest BCUT2D eigenvalue weighted by atomic mass is 10.0. The standard InChI is InChI=1S/C43H27N5/c1-3-12-28(13-4-1)41-34-17-7-9-18-36(34)45-43(46-41)48-38-24-22-29(26-35(38)42-39(48)20-11-25-44-42)30-21-23-33-32-16-8-10-19-37(32)47(40(33)27-30)31-14-5-2-6-15-31/h1-27H. The van der Waals surface area contributed by atoms with Crippen LogP contribution in [0.4, 0.5) is 0 Å². The van der Waals surface area contributed by atoms with E-state index in [0.29, 0.717) is 5.95 Å². The molecule has 0 radical (unpaired) electrons. The van der Waals surface area contributed by atoms with Crippen molar-refractivity contribution >= 4 is 54.6 Å². The summed E-state index contributed by atoms with van der Waals surface area (Å²) in [6.07, 6.45) is 1.86. The lowest BCUT2D eigenvalue weighted by Crippen LogP contribution is -2.03. The van der Waals surface area contributed by atoms with Gasteiger partial charge < -0.3 is 4.57 Å². The highest BCUT2D eigenvalue weighted by Gasteiger charge is 2.19. The second kappa shape index (κ2) is 10.5. The maximum absolute atomic E-state index is 5.21. The Hall–Kier alpha value is -6.59. The van der Waals surface area contributed by atoms with Crippen molar-refractivity contribution in [2.45, 2.75) is 0 Å². The Kier molecular flexibility index (Phi) is 5.81. The Morgan fingerprint density at radius 2 is 1.06 bits per heavy atom. The second-order valence-electron chi connectivity index (χ2n) is 12.1. The average molecular weight is 614 g/mol. The van der Waals surface area contributed by atoms with Crippen LogP contribution in [0.25, 0.3) is 88.7 Å². The Morgan fingerprint density at radius 3 is 1.94 bits per heavy atom. The van der Waals surface area contributed by atoms with Gasteiger partial charge in [0.25, 0.3) is 0 Å². The Bertz CT molecular complexity index is 2830. The van der Waals surface area contributed by atoms with E-state index in [1.54, 1.807) is 0 Å². The monoisotopic (exact) mass is 613 g/mol. The van der Waals surface area contributed by atoms with Gasteiger partial charge in [-0.25, -0.2) is 9.97 Å². The van der Waals surface area contributed by atoms with Gasteiger partial charge in [-0.15, -0.1) is 0 Å². The van der Waals surface area contributed by atoms with E-state index >= 15 is 0 Å². The highest BCUT2D eigenvalue weighted by molar-refractivity contribution is 6.11. The molecule has 0 aliphatic carbocycles. The fraction of sp³-hybridized carbons (Fsp3) is 0. The van der Waals surface area contributed by atoms with Crippen molar-refractivity contribution in [3.8, 4) is 34.0 Å². The molecule has 0 aliphatic heterocycles. The third-order valence-corrected chi connectivity index (χ3v) is 9.38. The zero-order valence-electron chi connectivity index (χ0n) is 25.8. The lowest BCUT2D eigenvalue weighted by Gasteiger charge is -2.12. The van der Waals surface area contributed by atoms with E-state index in [1.165, 1.54) is 21.8 Å². The van der Waals surface area contributed by atoms with E-state index < -0.39 is 0 Å². The average Bonchev–Trinajstić information content (AvgIpc) is 3.67. The topological polar surface area (TPSA) is 48.5 Å². The molecule has 0 spiro atoms. The van der Waals surface area contributed by atoms with Crippen molar-refractivity contribution in [2.75, 3.05) is 0 Å². The summed E-state index contributed by atoms with van der Waals surface area (Å²) in [6, 6.07) is 55.3. The van der Waals surface area contributed by atoms with Crippen LogP contribution in [0, 0.1) is 0 Å². The minimum atomic E-state index is 0.627. The van der Waals surface area contributed by atoms with Crippen LogP contribution < -0.4 is 0 Å². The molecule has 0 unspecified atom stereocenters. The molecule has 6 aromatic carbocycles. The molecule has 0 saturated carbocycles. The Labute approximate surface area is 276 Å². The summed E-state index contributed by atoms with van der Waals surface area (Å²) < 4.78 is 4.51. The maximum Gasteiger partial charge on any atom is 0.235 e. The van der Waals surface area contributed by atoms with Crippen LogP contribution in [0.5, 0.6) is 0 Å². The summed E-state index contributed by atoms with van der Waals surface area (Å²) in [5, 5.41) is 4.57. The highest BCUT2D eigenvalue weighted by atomic mass is 15.2. The van der Waals surface area contributed by atoms with Gasteiger partial charge in [0.05, 0.1) is 38.8 Å². The maximum atomic E-state index is 5.21. The first-order valence-corrected chi connectivity index (χ1v) is 16.1. The normalized spacial score (nSPS) is 11.8. The Morgan fingerprint density at radius 1 is 0.396 bits per heavy atom. The number of hydrogen-bond donors (Lipinski definition) is 0. The molecule has 0 amide bonds. The summed E-state index contributed by atoms with van der Waals surface area (Å²) in [5.74, 6) is 0.627. The van der Waals surface area contributed by atoms with Crippen LogP contribution in [0.15, 0.2) is 164 Å². The van der Waals surface area contributed by atoms with Crippen LogP contribution in [-0.4, -0.2) is 24.1 Å². The smallest absolute Gasteiger partial charge is 0.235 e. The molecule has 0 bridgehead atoms. The summed E-state index contributed by atoms with van der Waals surface area (Å²) in [6.45, 7) is 0. The van der Waals surface area contributed by atoms with Gasteiger partial charge in [0.1, 0.15) is 0 Å². The van der Waals surface area contributed by atoms with Crippen molar-refractivity contribution in [1.82, 2.24) is 24.1 Å². The van der Waals surface area contributed by atoms with Gasteiger partial charge in [-0.1, -0.05) is 103 Å². The first kappa shape index (κ1) is 26.6. The molecule has 4 heterocycles. The van der Waals surface area contributed by atoms with Gasteiger partial charge >= 0.3 is 0 Å². The SMILES string of the molecule is c1ccc(-c2nc(-n3c4ccc(-c5ccc6c7ccccc7n(-c7ccccc7)c6c5)cc4c4ncccc43)nc3ccccc23)cc1. The second-order valence-corrected chi connectivity index (χ2v) is 12.1. The molecule has 48 heavy (non-hydrogen) atoms. The zero-order valence-corrected chi connectivity index (χ0v) is 25.8. The number of pyridine rings is 1. The number of aromatic nitrogens is 5. The van der Waals surface area contributed by atoms with Crippen LogP contribution in [0.3, 0.4) is 0 Å². The largest absolute Gasteiger partial charge is 0.309 e. The van der Waals surface area contributed by atoms with E-state index in [4.69, 9.17) is 15.0 Å². The lowest BCUT2D eigenvalue weighted by molar-refractivity contribution is 1.01. The summed E-state index contributed by atoms with van der Waals surface area (Å²) in [4.78, 5) is 15.2. The predicted molar refractivity (Wildman–Crippen MR) is 197 cm³/mol. The minimum Gasteiger partial charge on any atom is -0.309 e. The van der Waals surface area contributed by atoms with Crippen molar-refractivity contribution in [3.05, 3.63) is 164 Å². The van der Waals surface area contributed by atoms with Crippen LogP contribution in [-0.2, 0) is 0 Å². The molecule has 0 N–H and O–H groups in total. The number of benzene rings is 6. The Balaban J connectivity index is 1.20. The molecule has 0 fully saturated rings. The third-order valence-electron chi connectivity index (χ3n) is 9.38. The third kappa shape index (κ3) is 4.01. The van der Waals surface area contributed by atoms with Gasteiger partial charge in [-0.3, -0.25) is 9.55 Å². The van der Waals surface area contributed by atoms with E-state index in [-0.39, 0.29) is 0 Å². The molecular formula is C43H27N5. The molecule has 5 heteroatoms. The first-order valence-electron chi connectivity index (χ1n) is 16.1. The summed E-state index contributed by atoms with van der Waals surface area (Å²) in [7, 11) is 0. The van der Waals surface area contributed by atoms with E-state index in [9.17, 15) is 0 Å². The molecule has 5 nitrogen and oxygen atoms in total. The van der Waals surface area contributed by atoms with E-state index in [1.807, 2.05) is 30.5 Å². The molecule has 0 atom stereocenters. The number of para-hydroxylation sites is 3. The first-order chi connectivity index (χ1) is 23.8. The van der Waals surface area contributed by atoms with Gasteiger partial charge in [0.15, 0.2) is 0 Å². The van der Waals surface area contributed by atoms with Crippen LogP contribution in [0.1, 0.15) is 0 Å². The predicted octanol–water partition coefficient (Wildman–Crippen LogP) is 10.6. The zero-order chi connectivity index (χ0) is 31.6. The van der Waals surface area contributed by atoms with Gasteiger partial charge in [-0.2, -0.15) is 0 Å². The van der Waals surface area contributed by atoms with Crippen molar-refractivity contribution in [1.29, 1.82) is 0 Å². The molecule has 0 aliphatic rings. The van der Waals surface area contributed by atoms with Crippen LogP contribution >= 0.6 is 0 Å². The number of hydrogen-bond acceptors (Lipinski definition) is 3. The minimum absolute atomic E-state index is 0.627. The van der Waals surface area contributed by atoms with E-state index in [0.717, 1.165) is 60.9 Å². The van der Waals surface area contributed by atoms with Gasteiger partial charge in [0, 0.05) is 39.0 Å². The highest BCUT2D eigenvalue weighted by Crippen LogP contribution is 2.38. The molecule has 10 aromatic rings. The number of fused-ring (bicyclic) bond motifs is 7.